The first-order chi connectivity index (χ1) is 6.87. The van der Waals surface area contributed by atoms with Crippen LogP contribution in [-0.4, -0.2) is 17.3 Å². The molecule has 1 aromatic heterocycles. The molecule has 1 aromatic rings. The summed E-state index contributed by atoms with van der Waals surface area (Å²) in [6.45, 7) is 0. The summed E-state index contributed by atoms with van der Waals surface area (Å²) in [7, 11) is 0. The van der Waals surface area contributed by atoms with E-state index < -0.39 is 12.3 Å². The number of rotatable bonds is 1. The molecule has 2 N–H and O–H groups in total. The van der Waals surface area contributed by atoms with Gasteiger partial charge in [-0.3, -0.25) is 5.32 Å². The Kier molecular flexibility index (Phi) is 3.51. The highest BCUT2D eigenvalue weighted by Gasteiger charge is 2.30. The molecule has 0 aliphatic rings. The van der Waals surface area contributed by atoms with Crippen molar-refractivity contribution in [2.45, 2.75) is 6.30 Å². The van der Waals surface area contributed by atoms with Gasteiger partial charge in [-0.1, -0.05) is 15.9 Å². The van der Waals surface area contributed by atoms with E-state index in [1.807, 2.05) is 5.32 Å². The zero-order valence-electron chi connectivity index (χ0n) is 7.10. The van der Waals surface area contributed by atoms with Crippen LogP contribution in [0.2, 0.25) is 0 Å². The van der Waals surface area contributed by atoms with Gasteiger partial charge in [0.15, 0.2) is 0 Å². The Labute approximate surface area is 91.0 Å². The van der Waals surface area contributed by atoms with Crippen molar-refractivity contribution in [2.75, 3.05) is 5.32 Å². The number of nitrogens with zero attached hydrogens (tertiary/aromatic N) is 1. The average Bonchev–Trinajstić information content (AvgIpc) is 1.99. The van der Waals surface area contributed by atoms with Gasteiger partial charge in [-0.05, 0) is 12.1 Å². The van der Waals surface area contributed by atoms with Crippen molar-refractivity contribution in [3.8, 4) is 0 Å². The number of alkyl halides is 3. The quantitative estimate of drug-likeness (QED) is 0.778. The second-order valence-corrected chi connectivity index (χ2v) is 3.35. The second kappa shape index (κ2) is 4.47. The van der Waals surface area contributed by atoms with Gasteiger partial charge in [0.05, 0.1) is 0 Å². The first-order valence-electron chi connectivity index (χ1n) is 3.64. The number of nitrogens with one attached hydrogen (secondary N) is 2. The molecule has 0 aliphatic heterocycles. The van der Waals surface area contributed by atoms with Gasteiger partial charge in [0.2, 0.25) is 0 Å². The summed E-state index contributed by atoms with van der Waals surface area (Å²) < 4.78 is 35.7. The van der Waals surface area contributed by atoms with Crippen molar-refractivity contribution in [1.82, 2.24) is 10.3 Å². The minimum Gasteiger partial charge on any atom is -0.292 e. The summed E-state index contributed by atoms with van der Waals surface area (Å²) >= 11 is 3.08. The highest BCUT2D eigenvalue weighted by Crippen LogP contribution is 2.13. The standard InChI is InChI=1S/C7H5BrF3N3O/c8-4-1-2-12-5(3-4)13-6(15)14-7(9,10)11/h1-3H,(H2,12,13,14,15). The predicted octanol–water partition coefficient (Wildman–Crippen LogP) is 2.49. The molecular weight excluding hydrogens is 279 g/mol. The maximum absolute atomic E-state index is 11.7. The summed E-state index contributed by atoms with van der Waals surface area (Å²) in [5.41, 5.74) is 0. The van der Waals surface area contributed by atoms with Crippen LogP contribution in [0.25, 0.3) is 0 Å². The lowest BCUT2D eigenvalue weighted by molar-refractivity contribution is -0.144. The number of urea groups is 1. The summed E-state index contributed by atoms with van der Waals surface area (Å²) in [4.78, 5) is 14.4. The van der Waals surface area contributed by atoms with Crippen LogP contribution in [0.4, 0.5) is 23.8 Å². The predicted molar refractivity (Wildman–Crippen MR) is 50.1 cm³/mol. The van der Waals surface area contributed by atoms with Crippen LogP contribution in [0.5, 0.6) is 0 Å². The maximum Gasteiger partial charge on any atom is 0.485 e. The normalized spacial score (nSPS) is 10.9. The number of pyridine rings is 1. The lowest BCUT2D eigenvalue weighted by Crippen LogP contribution is -2.40. The Morgan fingerprint density at radius 2 is 2.13 bits per heavy atom. The summed E-state index contributed by atoms with van der Waals surface area (Å²) in [6.07, 6.45) is -3.41. The number of aromatic nitrogens is 1. The number of hydrogen-bond donors (Lipinski definition) is 2. The molecule has 2 amide bonds. The van der Waals surface area contributed by atoms with Crippen molar-refractivity contribution in [3.05, 3.63) is 22.8 Å². The number of carbonyl (C=O) groups excluding carboxylic acids is 1. The minimum absolute atomic E-state index is 0.0196. The number of amides is 2. The third-order valence-corrected chi connectivity index (χ3v) is 1.71. The van der Waals surface area contributed by atoms with Gasteiger partial charge >= 0.3 is 12.3 Å². The van der Waals surface area contributed by atoms with Crippen LogP contribution in [-0.2, 0) is 0 Å². The number of carbonyl (C=O) groups is 1. The van der Waals surface area contributed by atoms with Gasteiger partial charge < -0.3 is 0 Å². The molecule has 0 fully saturated rings. The fourth-order valence-electron chi connectivity index (χ4n) is 0.749. The fraction of sp³-hybridized carbons (Fsp3) is 0.143. The molecule has 0 spiro atoms. The van der Waals surface area contributed by atoms with Gasteiger partial charge in [-0.25, -0.2) is 15.1 Å². The molecule has 0 saturated carbocycles. The van der Waals surface area contributed by atoms with Crippen LogP contribution >= 0.6 is 15.9 Å². The van der Waals surface area contributed by atoms with E-state index in [-0.39, 0.29) is 5.82 Å². The Bertz CT molecular complexity index is 369. The van der Waals surface area contributed by atoms with Crippen LogP contribution in [0.3, 0.4) is 0 Å². The van der Waals surface area contributed by atoms with Crippen LogP contribution in [0, 0.1) is 0 Å². The van der Waals surface area contributed by atoms with E-state index in [9.17, 15) is 18.0 Å². The van der Waals surface area contributed by atoms with E-state index >= 15 is 0 Å². The molecule has 0 aliphatic carbocycles. The zero-order valence-corrected chi connectivity index (χ0v) is 8.69. The summed E-state index contributed by atoms with van der Waals surface area (Å²) in [5.74, 6) is 0.0196. The van der Waals surface area contributed by atoms with Crippen molar-refractivity contribution in [3.63, 3.8) is 0 Å². The molecule has 1 rings (SSSR count). The first-order valence-corrected chi connectivity index (χ1v) is 4.43. The maximum atomic E-state index is 11.7. The smallest absolute Gasteiger partial charge is 0.292 e. The molecule has 15 heavy (non-hydrogen) atoms. The molecule has 8 heteroatoms. The molecule has 4 nitrogen and oxygen atoms in total. The van der Waals surface area contributed by atoms with E-state index in [0.717, 1.165) is 5.32 Å². The largest absolute Gasteiger partial charge is 0.485 e. The Hall–Kier alpha value is -1.31. The van der Waals surface area contributed by atoms with E-state index in [1.165, 1.54) is 12.3 Å². The third kappa shape index (κ3) is 4.63. The molecule has 0 bridgehead atoms. The molecule has 0 atom stereocenters. The lowest BCUT2D eigenvalue weighted by Gasteiger charge is -2.09. The van der Waals surface area contributed by atoms with Crippen molar-refractivity contribution >= 4 is 27.8 Å². The van der Waals surface area contributed by atoms with Gasteiger partial charge in [-0.15, -0.1) is 0 Å². The Morgan fingerprint density at radius 1 is 1.47 bits per heavy atom. The third-order valence-electron chi connectivity index (χ3n) is 1.22. The molecule has 1 heterocycles. The summed E-state index contributed by atoms with van der Waals surface area (Å²) in [5, 5.41) is 2.71. The van der Waals surface area contributed by atoms with E-state index in [0.29, 0.717) is 4.47 Å². The van der Waals surface area contributed by atoms with Crippen molar-refractivity contribution in [1.29, 1.82) is 0 Å². The van der Waals surface area contributed by atoms with Gasteiger partial charge in [0.1, 0.15) is 5.82 Å². The van der Waals surface area contributed by atoms with Gasteiger partial charge in [0.25, 0.3) is 0 Å². The first kappa shape index (κ1) is 11.8. The van der Waals surface area contributed by atoms with Crippen molar-refractivity contribution < 1.29 is 18.0 Å². The SMILES string of the molecule is O=C(Nc1cc(Br)ccn1)NC(F)(F)F. The lowest BCUT2D eigenvalue weighted by atomic mass is 10.5. The molecule has 82 valence electrons. The average molecular weight is 284 g/mol. The molecular formula is C7H5BrF3N3O. The Morgan fingerprint density at radius 3 is 2.67 bits per heavy atom. The molecule has 0 radical (unpaired) electrons. The molecule has 0 unspecified atom stereocenters. The highest BCUT2D eigenvalue weighted by atomic mass is 79.9. The Balaban J connectivity index is 2.59. The highest BCUT2D eigenvalue weighted by molar-refractivity contribution is 9.10. The van der Waals surface area contributed by atoms with E-state index in [2.05, 4.69) is 20.9 Å². The minimum atomic E-state index is -4.75. The monoisotopic (exact) mass is 283 g/mol. The van der Waals surface area contributed by atoms with Crippen LogP contribution in [0.1, 0.15) is 0 Å². The summed E-state index contributed by atoms with van der Waals surface area (Å²) in [6, 6.07) is 1.57. The topological polar surface area (TPSA) is 54.0 Å². The van der Waals surface area contributed by atoms with E-state index in [1.54, 1.807) is 6.07 Å². The fourth-order valence-corrected chi connectivity index (χ4v) is 1.08. The van der Waals surface area contributed by atoms with Gasteiger partial charge in [0, 0.05) is 10.7 Å². The van der Waals surface area contributed by atoms with Crippen LogP contribution < -0.4 is 10.6 Å². The number of halogens is 4. The zero-order chi connectivity index (χ0) is 11.5. The van der Waals surface area contributed by atoms with E-state index in [4.69, 9.17) is 0 Å². The second-order valence-electron chi connectivity index (χ2n) is 2.44. The van der Waals surface area contributed by atoms with Crippen molar-refractivity contribution in [2.24, 2.45) is 0 Å². The van der Waals surface area contributed by atoms with Crippen LogP contribution in [0.15, 0.2) is 22.8 Å². The van der Waals surface area contributed by atoms with Gasteiger partial charge in [-0.2, -0.15) is 13.2 Å². The molecule has 0 saturated heterocycles. The number of hydrogen-bond acceptors (Lipinski definition) is 2. The number of anilines is 1. The molecule has 0 aromatic carbocycles.